The van der Waals surface area contributed by atoms with Crippen molar-refractivity contribution < 1.29 is 26.7 Å². The number of nitriles is 1. The van der Waals surface area contributed by atoms with Gasteiger partial charge in [-0.3, -0.25) is 5.10 Å². The minimum absolute atomic E-state index is 0.0630. The molecule has 2 aromatic heterocycles. The van der Waals surface area contributed by atoms with E-state index in [0.717, 1.165) is 28.3 Å². The minimum atomic E-state index is -4.50. The molecule has 0 amide bonds. The number of sulfonamides is 1. The monoisotopic (exact) mass is 556 g/mol. The number of benzene rings is 2. The Bertz CT molecular complexity index is 1660. The number of H-pyrrole nitrogens is 1. The van der Waals surface area contributed by atoms with Crippen LogP contribution in [0.3, 0.4) is 0 Å². The highest BCUT2D eigenvalue weighted by Gasteiger charge is 2.35. The summed E-state index contributed by atoms with van der Waals surface area (Å²) in [7, 11) is -3.91. The number of aliphatic hydroxyl groups is 1. The number of fused-ring (bicyclic) bond motifs is 1. The van der Waals surface area contributed by atoms with Gasteiger partial charge in [-0.1, -0.05) is 12.1 Å². The number of hydrogen-bond donors (Lipinski definition) is 3. The van der Waals surface area contributed by atoms with Crippen LogP contribution in [-0.4, -0.2) is 58.2 Å². The molecule has 3 N–H and O–H groups in total. The molecule has 1 fully saturated rings. The van der Waals surface area contributed by atoms with Gasteiger partial charge in [0.05, 0.1) is 28.1 Å². The molecule has 0 spiro atoms. The van der Waals surface area contributed by atoms with Crippen LogP contribution in [0.1, 0.15) is 23.2 Å². The number of β-amino-alcohol motifs (C(OH)–C–C–N with tert-alkyl or cyclic N) is 1. The second-order valence-electron chi connectivity index (χ2n) is 9.32. The van der Waals surface area contributed by atoms with E-state index in [1.54, 1.807) is 12.1 Å². The first-order valence-electron chi connectivity index (χ1n) is 11.9. The molecule has 13 heteroatoms. The topological polar surface area (TPSA) is 135 Å². The SMILES string of the molecule is Cc1cc(-c2ccc(S(=O)(=O)N3CC[C@@H](Nc4ccc(C(F)(F)F)cn4)[C@@H](O)C3)cc2)cc2c(C#N)n[nH]c12. The molecule has 0 radical (unpaired) electrons. The number of pyridine rings is 1. The van der Waals surface area contributed by atoms with Gasteiger partial charge in [0.15, 0.2) is 5.69 Å². The summed E-state index contributed by atoms with van der Waals surface area (Å²) in [6, 6.07) is 13.6. The molecule has 2 aromatic carbocycles. The van der Waals surface area contributed by atoms with Crippen LogP contribution in [0.25, 0.3) is 22.0 Å². The third-order valence-corrected chi connectivity index (χ3v) is 8.65. The predicted octanol–water partition coefficient (Wildman–Crippen LogP) is 4.06. The van der Waals surface area contributed by atoms with E-state index in [1.165, 1.54) is 22.5 Å². The van der Waals surface area contributed by atoms with Crippen LogP contribution in [0.4, 0.5) is 19.0 Å². The Labute approximate surface area is 222 Å². The summed E-state index contributed by atoms with van der Waals surface area (Å²) in [5, 5.41) is 30.4. The van der Waals surface area contributed by atoms with Crippen molar-refractivity contribution in [3.05, 3.63) is 71.5 Å². The number of nitrogens with one attached hydrogen (secondary N) is 2. The van der Waals surface area contributed by atoms with Crippen LogP contribution in [0.15, 0.2) is 59.6 Å². The van der Waals surface area contributed by atoms with Gasteiger partial charge < -0.3 is 10.4 Å². The number of aromatic amines is 1. The average Bonchev–Trinajstić information content (AvgIpc) is 3.33. The molecule has 4 aromatic rings. The number of aliphatic hydroxyl groups excluding tert-OH is 1. The number of alkyl halides is 3. The Morgan fingerprint density at radius 3 is 2.51 bits per heavy atom. The molecule has 2 atom stereocenters. The molecule has 39 heavy (non-hydrogen) atoms. The van der Waals surface area contributed by atoms with Crippen LogP contribution in [-0.2, 0) is 16.2 Å². The Hall–Kier alpha value is -3.99. The van der Waals surface area contributed by atoms with Crippen molar-refractivity contribution in [1.29, 1.82) is 5.26 Å². The van der Waals surface area contributed by atoms with Gasteiger partial charge >= 0.3 is 6.18 Å². The Morgan fingerprint density at radius 1 is 1.15 bits per heavy atom. The zero-order valence-corrected chi connectivity index (χ0v) is 21.4. The van der Waals surface area contributed by atoms with Crippen molar-refractivity contribution in [1.82, 2.24) is 19.5 Å². The maximum Gasteiger partial charge on any atom is 0.417 e. The average molecular weight is 557 g/mol. The summed E-state index contributed by atoms with van der Waals surface area (Å²) in [5.74, 6) is 0.157. The summed E-state index contributed by atoms with van der Waals surface area (Å²) in [6.45, 7) is 1.81. The Balaban J connectivity index is 1.28. The highest BCUT2D eigenvalue weighted by atomic mass is 32.2. The fraction of sp³-hybridized carbons (Fsp3) is 0.269. The zero-order valence-electron chi connectivity index (χ0n) is 20.6. The molecule has 0 saturated carbocycles. The van der Waals surface area contributed by atoms with E-state index in [1.807, 2.05) is 19.1 Å². The molecular weight excluding hydrogens is 533 g/mol. The number of nitrogens with zero attached hydrogens (tertiary/aromatic N) is 4. The van der Waals surface area contributed by atoms with E-state index < -0.39 is 33.9 Å². The molecule has 0 aliphatic carbocycles. The number of anilines is 1. The number of rotatable bonds is 5. The zero-order chi connectivity index (χ0) is 27.9. The fourth-order valence-corrected chi connectivity index (χ4v) is 6.11. The van der Waals surface area contributed by atoms with Gasteiger partial charge in [0.1, 0.15) is 11.9 Å². The van der Waals surface area contributed by atoms with Crippen molar-refractivity contribution >= 4 is 26.7 Å². The first-order valence-corrected chi connectivity index (χ1v) is 13.4. The number of aromatic nitrogens is 3. The summed E-state index contributed by atoms with van der Waals surface area (Å²) in [6.07, 6.45) is -4.67. The van der Waals surface area contributed by atoms with Gasteiger partial charge in [0.25, 0.3) is 0 Å². The first kappa shape index (κ1) is 26.6. The molecule has 1 aliphatic rings. The molecule has 202 valence electrons. The highest BCUT2D eigenvalue weighted by molar-refractivity contribution is 7.89. The summed E-state index contributed by atoms with van der Waals surface area (Å²) < 4.78 is 66.0. The molecule has 5 rings (SSSR count). The molecule has 9 nitrogen and oxygen atoms in total. The quantitative estimate of drug-likeness (QED) is 0.337. The fourth-order valence-electron chi connectivity index (χ4n) is 4.64. The third-order valence-electron chi connectivity index (χ3n) is 6.77. The molecule has 0 unspecified atom stereocenters. The van der Waals surface area contributed by atoms with E-state index in [4.69, 9.17) is 0 Å². The largest absolute Gasteiger partial charge is 0.417 e. The van der Waals surface area contributed by atoms with Gasteiger partial charge in [0.2, 0.25) is 10.0 Å². The highest BCUT2D eigenvalue weighted by Crippen LogP contribution is 2.31. The molecule has 3 heterocycles. The number of aryl methyl sites for hydroxylation is 1. The number of halogens is 3. The number of hydrogen-bond acceptors (Lipinski definition) is 7. The van der Waals surface area contributed by atoms with Crippen molar-refractivity contribution in [2.45, 2.75) is 36.6 Å². The normalized spacial score (nSPS) is 18.7. The molecule has 1 saturated heterocycles. The van der Waals surface area contributed by atoms with Crippen LogP contribution in [0, 0.1) is 18.3 Å². The third kappa shape index (κ3) is 5.18. The van der Waals surface area contributed by atoms with Crippen molar-refractivity contribution in [3.63, 3.8) is 0 Å². The lowest BCUT2D eigenvalue weighted by Gasteiger charge is -2.35. The van der Waals surface area contributed by atoms with E-state index in [9.17, 15) is 32.0 Å². The van der Waals surface area contributed by atoms with Gasteiger partial charge in [-0.15, -0.1) is 0 Å². The minimum Gasteiger partial charge on any atom is -0.390 e. The number of piperidine rings is 1. The first-order chi connectivity index (χ1) is 18.5. The lowest BCUT2D eigenvalue weighted by molar-refractivity contribution is -0.137. The Kier molecular flexibility index (Phi) is 6.79. The van der Waals surface area contributed by atoms with Crippen LogP contribution in [0.2, 0.25) is 0 Å². The van der Waals surface area contributed by atoms with Gasteiger partial charge in [-0.05, 0) is 66.4 Å². The predicted molar refractivity (Wildman–Crippen MR) is 137 cm³/mol. The molecule has 1 aliphatic heterocycles. The lowest BCUT2D eigenvalue weighted by atomic mass is 10.0. The second kappa shape index (κ2) is 9.96. The van der Waals surface area contributed by atoms with E-state index in [-0.39, 0.29) is 35.9 Å². The maximum atomic E-state index is 13.3. The summed E-state index contributed by atoms with van der Waals surface area (Å²) >= 11 is 0. The van der Waals surface area contributed by atoms with E-state index >= 15 is 0 Å². The van der Waals surface area contributed by atoms with Crippen LogP contribution < -0.4 is 5.32 Å². The molecular formula is C26H23F3N6O3S. The lowest BCUT2D eigenvalue weighted by Crippen LogP contribution is -2.51. The second-order valence-corrected chi connectivity index (χ2v) is 11.3. The van der Waals surface area contributed by atoms with E-state index in [2.05, 4.69) is 26.6 Å². The van der Waals surface area contributed by atoms with Crippen LogP contribution in [0.5, 0.6) is 0 Å². The standard InChI is InChI=1S/C26H23F3N6O3S/c1-15-10-17(11-20-22(12-30)33-34-25(15)20)16-2-5-19(6-3-16)39(37,38)35-9-8-21(23(36)14-35)32-24-7-4-18(13-31-24)26(27,28)29/h2-7,10-11,13,21,23,36H,8-9,14H2,1H3,(H,31,32)(H,33,34)/t21-,23+/m1/s1. The van der Waals surface area contributed by atoms with Gasteiger partial charge in [0, 0.05) is 24.7 Å². The van der Waals surface area contributed by atoms with E-state index in [0.29, 0.717) is 11.6 Å². The van der Waals surface area contributed by atoms with Crippen LogP contribution >= 0.6 is 0 Å². The smallest absolute Gasteiger partial charge is 0.390 e. The van der Waals surface area contributed by atoms with Crippen molar-refractivity contribution in [2.24, 2.45) is 0 Å². The summed E-state index contributed by atoms with van der Waals surface area (Å²) in [4.78, 5) is 3.82. The van der Waals surface area contributed by atoms with Crippen molar-refractivity contribution in [2.75, 3.05) is 18.4 Å². The van der Waals surface area contributed by atoms with Gasteiger partial charge in [-0.2, -0.15) is 27.8 Å². The van der Waals surface area contributed by atoms with Crippen molar-refractivity contribution in [3.8, 4) is 17.2 Å². The van der Waals surface area contributed by atoms with Gasteiger partial charge in [-0.25, -0.2) is 13.4 Å². The summed E-state index contributed by atoms with van der Waals surface area (Å²) in [5.41, 5.74) is 2.62. The molecule has 0 bridgehead atoms. The maximum absolute atomic E-state index is 13.3. The Morgan fingerprint density at radius 2 is 1.90 bits per heavy atom.